The maximum atomic E-state index is 12.3. The molecule has 0 saturated carbocycles. The lowest BCUT2D eigenvalue weighted by Gasteiger charge is -2.06. The SMILES string of the molecule is CCC(=O)Nc1ccc(NC(=O)/C=C/c2c(CC)oc3ccccc23)cc1. The van der Waals surface area contributed by atoms with E-state index in [1.54, 1.807) is 37.3 Å². The molecule has 0 aliphatic heterocycles. The van der Waals surface area contributed by atoms with Gasteiger partial charge in [-0.3, -0.25) is 9.59 Å². The Hall–Kier alpha value is -3.34. The van der Waals surface area contributed by atoms with Gasteiger partial charge in [0.05, 0.1) is 0 Å². The Balaban J connectivity index is 1.70. The molecule has 1 heterocycles. The summed E-state index contributed by atoms with van der Waals surface area (Å²) in [5.74, 6) is 0.581. The van der Waals surface area contributed by atoms with Crippen molar-refractivity contribution in [2.45, 2.75) is 26.7 Å². The second-order valence-electron chi connectivity index (χ2n) is 6.09. The second-order valence-corrected chi connectivity index (χ2v) is 6.09. The van der Waals surface area contributed by atoms with E-state index in [2.05, 4.69) is 10.6 Å². The van der Waals surface area contributed by atoms with E-state index in [1.165, 1.54) is 6.08 Å². The first-order valence-electron chi connectivity index (χ1n) is 9.00. The topological polar surface area (TPSA) is 71.3 Å². The molecule has 2 N–H and O–H groups in total. The smallest absolute Gasteiger partial charge is 0.248 e. The highest BCUT2D eigenvalue weighted by Crippen LogP contribution is 2.27. The summed E-state index contributed by atoms with van der Waals surface area (Å²) in [6.45, 7) is 3.82. The number of aryl methyl sites for hydroxylation is 1. The van der Waals surface area contributed by atoms with E-state index in [4.69, 9.17) is 4.42 Å². The third-order valence-corrected chi connectivity index (χ3v) is 4.19. The Bertz CT molecular complexity index is 984. The van der Waals surface area contributed by atoms with Crippen molar-refractivity contribution >= 4 is 40.2 Å². The number of nitrogens with one attached hydrogen (secondary N) is 2. The van der Waals surface area contributed by atoms with Crippen molar-refractivity contribution in [1.29, 1.82) is 0 Å². The van der Waals surface area contributed by atoms with Crippen LogP contribution in [0.2, 0.25) is 0 Å². The van der Waals surface area contributed by atoms with Crippen molar-refractivity contribution in [3.8, 4) is 0 Å². The number of carbonyl (C=O) groups excluding carboxylic acids is 2. The second kappa shape index (κ2) is 8.36. The molecule has 3 rings (SSSR count). The molecule has 2 amide bonds. The summed E-state index contributed by atoms with van der Waals surface area (Å²) in [6, 6.07) is 14.8. The van der Waals surface area contributed by atoms with Crippen LogP contribution in [0.15, 0.2) is 59.0 Å². The zero-order valence-corrected chi connectivity index (χ0v) is 15.4. The van der Waals surface area contributed by atoms with Crippen LogP contribution >= 0.6 is 0 Å². The molecule has 0 aliphatic carbocycles. The summed E-state index contributed by atoms with van der Waals surface area (Å²) >= 11 is 0. The molecule has 2 aromatic carbocycles. The monoisotopic (exact) mass is 362 g/mol. The highest BCUT2D eigenvalue weighted by Gasteiger charge is 2.10. The molecule has 0 spiro atoms. The van der Waals surface area contributed by atoms with Crippen molar-refractivity contribution < 1.29 is 14.0 Å². The van der Waals surface area contributed by atoms with E-state index in [-0.39, 0.29) is 11.8 Å². The Labute approximate surface area is 158 Å². The number of benzene rings is 2. The number of carbonyl (C=O) groups is 2. The largest absolute Gasteiger partial charge is 0.460 e. The van der Waals surface area contributed by atoms with Gasteiger partial charge in [0.1, 0.15) is 11.3 Å². The van der Waals surface area contributed by atoms with E-state index >= 15 is 0 Å². The van der Waals surface area contributed by atoms with Crippen molar-refractivity contribution in [3.63, 3.8) is 0 Å². The minimum Gasteiger partial charge on any atom is -0.460 e. The fourth-order valence-electron chi connectivity index (χ4n) is 2.79. The molecular formula is C22H22N2O3. The molecule has 0 aliphatic rings. The normalized spacial score (nSPS) is 11.0. The van der Waals surface area contributed by atoms with Gasteiger partial charge in [0, 0.05) is 41.2 Å². The number of rotatable bonds is 6. The van der Waals surface area contributed by atoms with Gasteiger partial charge in [-0.1, -0.05) is 32.0 Å². The minimum absolute atomic E-state index is 0.0474. The predicted molar refractivity (Wildman–Crippen MR) is 109 cm³/mol. The molecule has 3 aromatic rings. The lowest BCUT2D eigenvalue weighted by molar-refractivity contribution is -0.116. The van der Waals surface area contributed by atoms with Gasteiger partial charge >= 0.3 is 0 Å². The number of para-hydroxylation sites is 1. The summed E-state index contributed by atoms with van der Waals surface area (Å²) in [4.78, 5) is 23.6. The van der Waals surface area contributed by atoms with Crippen LogP contribution in [0.3, 0.4) is 0 Å². The third kappa shape index (κ3) is 4.44. The number of anilines is 2. The van der Waals surface area contributed by atoms with Gasteiger partial charge in [-0.05, 0) is 36.4 Å². The Morgan fingerprint density at radius 1 is 0.963 bits per heavy atom. The predicted octanol–water partition coefficient (Wildman–Crippen LogP) is 5.00. The lowest BCUT2D eigenvalue weighted by atomic mass is 10.1. The summed E-state index contributed by atoms with van der Waals surface area (Å²) in [7, 11) is 0. The van der Waals surface area contributed by atoms with Crippen molar-refractivity contribution in [2.24, 2.45) is 0 Å². The van der Waals surface area contributed by atoms with Crippen LogP contribution in [0.4, 0.5) is 11.4 Å². The molecule has 1 aromatic heterocycles. The first-order chi connectivity index (χ1) is 13.1. The van der Waals surface area contributed by atoms with Gasteiger partial charge in [-0.15, -0.1) is 0 Å². The van der Waals surface area contributed by atoms with Gasteiger partial charge in [-0.2, -0.15) is 0 Å². The summed E-state index contributed by atoms with van der Waals surface area (Å²) in [5.41, 5.74) is 3.11. The van der Waals surface area contributed by atoms with E-state index in [0.717, 1.165) is 28.7 Å². The Morgan fingerprint density at radius 2 is 1.63 bits per heavy atom. The van der Waals surface area contributed by atoms with Crippen LogP contribution in [0.5, 0.6) is 0 Å². The zero-order chi connectivity index (χ0) is 19.2. The van der Waals surface area contributed by atoms with E-state index in [9.17, 15) is 9.59 Å². The molecule has 0 radical (unpaired) electrons. The zero-order valence-electron chi connectivity index (χ0n) is 15.4. The van der Waals surface area contributed by atoms with Gasteiger partial charge in [0.15, 0.2) is 0 Å². The number of hydrogen-bond acceptors (Lipinski definition) is 3. The van der Waals surface area contributed by atoms with Crippen LogP contribution in [0.25, 0.3) is 17.0 Å². The minimum atomic E-state index is -0.229. The molecule has 27 heavy (non-hydrogen) atoms. The van der Waals surface area contributed by atoms with Crippen molar-refractivity contribution in [1.82, 2.24) is 0 Å². The third-order valence-electron chi connectivity index (χ3n) is 4.19. The molecule has 0 saturated heterocycles. The number of furan rings is 1. The molecule has 0 atom stereocenters. The molecule has 5 heteroatoms. The van der Waals surface area contributed by atoms with Gasteiger partial charge < -0.3 is 15.1 Å². The highest BCUT2D eigenvalue weighted by atomic mass is 16.3. The van der Waals surface area contributed by atoms with Crippen LogP contribution in [0, 0.1) is 0 Å². The fourth-order valence-corrected chi connectivity index (χ4v) is 2.79. The number of amides is 2. The fraction of sp³-hybridized carbons (Fsp3) is 0.182. The first-order valence-corrected chi connectivity index (χ1v) is 9.00. The quantitative estimate of drug-likeness (QED) is 0.607. The van der Waals surface area contributed by atoms with Crippen molar-refractivity contribution in [2.75, 3.05) is 10.6 Å². The molecule has 5 nitrogen and oxygen atoms in total. The maximum Gasteiger partial charge on any atom is 0.248 e. The van der Waals surface area contributed by atoms with Crippen LogP contribution in [-0.2, 0) is 16.0 Å². The standard InChI is InChI=1S/C22H22N2O3/c1-3-19-18(17-7-5-6-8-20(17)27-19)13-14-22(26)24-16-11-9-15(10-12-16)23-21(25)4-2/h5-14H,3-4H2,1-2H3,(H,23,25)(H,24,26)/b14-13+. The van der Waals surface area contributed by atoms with Crippen molar-refractivity contribution in [3.05, 3.63) is 65.9 Å². The lowest BCUT2D eigenvalue weighted by Crippen LogP contribution is -2.10. The molecule has 138 valence electrons. The molecule has 0 unspecified atom stereocenters. The van der Waals surface area contributed by atoms with E-state index in [0.29, 0.717) is 17.8 Å². The van der Waals surface area contributed by atoms with Gasteiger partial charge in [-0.25, -0.2) is 0 Å². The maximum absolute atomic E-state index is 12.3. The van der Waals surface area contributed by atoms with E-state index in [1.807, 2.05) is 31.2 Å². The average molecular weight is 362 g/mol. The summed E-state index contributed by atoms with van der Waals surface area (Å²) in [6.07, 6.45) is 4.46. The molecule has 0 bridgehead atoms. The number of hydrogen-bond donors (Lipinski definition) is 2. The van der Waals surface area contributed by atoms with Crippen LogP contribution in [-0.4, -0.2) is 11.8 Å². The molecule has 0 fully saturated rings. The van der Waals surface area contributed by atoms with Crippen LogP contribution < -0.4 is 10.6 Å². The van der Waals surface area contributed by atoms with Crippen LogP contribution in [0.1, 0.15) is 31.6 Å². The van der Waals surface area contributed by atoms with Gasteiger partial charge in [0.25, 0.3) is 0 Å². The average Bonchev–Trinajstić information content (AvgIpc) is 3.05. The summed E-state index contributed by atoms with van der Waals surface area (Å²) < 4.78 is 5.84. The Kier molecular flexibility index (Phi) is 5.71. The Morgan fingerprint density at radius 3 is 2.30 bits per heavy atom. The van der Waals surface area contributed by atoms with Gasteiger partial charge in [0.2, 0.25) is 11.8 Å². The number of fused-ring (bicyclic) bond motifs is 1. The summed E-state index contributed by atoms with van der Waals surface area (Å²) in [5, 5.41) is 6.58. The van der Waals surface area contributed by atoms with E-state index < -0.39 is 0 Å². The first kappa shape index (κ1) is 18.5. The molecular weight excluding hydrogens is 340 g/mol. The highest BCUT2D eigenvalue weighted by molar-refractivity contribution is 6.03.